The van der Waals surface area contributed by atoms with E-state index in [1.54, 1.807) is 0 Å². The third-order valence-corrected chi connectivity index (χ3v) is 4.82. The van der Waals surface area contributed by atoms with Gasteiger partial charge in [0.25, 0.3) is 0 Å². The molecule has 0 aromatic carbocycles. The summed E-state index contributed by atoms with van der Waals surface area (Å²) in [6, 6.07) is 0. The van der Waals surface area contributed by atoms with Crippen molar-refractivity contribution in [2.75, 3.05) is 39.3 Å². The first kappa shape index (κ1) is 11.5. The van der Waals surface area contributed by atoms with Crippen LogP contribution in [0.5, 0.6) is 0 Å². The molecule has 1 aliphatic heterocycles. The lowest BCUT2D eigenvalue weighted by molar-refractivity contribution is -0.135. The van der Waals surface area contributed by atoms with Crippen molar-refractivity contribution in [2.24, 2.45) is 23.5 Å². The Morgan fingerprint density at radius 2 is 1.76 bits per heavy atom. The maximum atomic E-state index is 12.3. The van der Waals surface area contributed by atoms with Crippen molar-refractivity contribution < 1.29 is 4.79 Å². The Balaban J connectivity index is 1.48. The number of hydrogen-bond donors (Lipinski definition) is 1. The van der Waals surface area contributed by atoms with Crippen molar-refractivity contribution in [3.8, 4) is 0 Å². The van der Waals surface area contributed by atoms with Gasteiger partial charge in [0.1, 0.15) is 0 Å². The van der Waals surface area contributed by atoms with Gasteiger partial charge in [-0.1, -0.05) is 6.42 Å². The second-order valence-corrected chi connectivity index (χ2v) is 5.74. The molecule has 2 N–H and O–H groups in total. The number of carbonyl (C=O) groups is 1. The fourth-order valence-electron chi connectivity index (χ4n) is 3.77. The zero-order valence-corrected chi connectivity index (χ0v) is 10.5. The molecule has 1 amide bonds. The first-order valence-electron chi connectivity index (χ1n) is 7.02. The zero-order valence-electron chi connectivity index (χ0n) is 10.5. The van der Waals surface area contributed by atoms with Crippen LogP contribution in [0, 0.1) is 17.8 Å². The standard InChI is InChI=1S/C13H23N3O/c14-4-5-15-6-8-16(9-7-15)13(17)12-10-2-1-3-11(10)12/h10-12H,1-9,14H2. The lowest BCUT2D eigenvalue weighted by atomic mass is 10.1. The fourth-order valence-corrected chi connectivity index (χ4v) is 3.77. The van der Waals surface area contributed by atoms with Crippen molar-refractivity contribution in [3.05, 3.63) is 0 Å². The largest absolute Gasteiger partial charge is 0.340 e. The van der Waals surface area contributed by atoms with Crippen LogP contribution in [-0.4, -0.2) is 55.0 Å². The number of rotatable bonds is 3. The van der Waals surface area contributed by atoms with Gasteiger partial charge >= 0.3 is 0 Å². The maximum absolute atomic E-state index is 12.3. The Bertz CT molecular complexity index is 289. The highest BCUT2D eigenvalue weighted by Gasteiger charge is 2.57. The highest BCUT2D eigenvalue weighted by molar-refractivity contribution is 5.82. The second kappa shape index (κ2) is 4.58. The Labute approximate surface area is 103 Å². The van der Waals surface area contributed by atoms with Gasteiger partial charge in [-0.15, -0.1) is 0 Å². The minimum Gasteiger partial charge on any atom is -0.340 e. The summed E-state index contributed by atoms with van der Waals surface area (Å²) >= 11 is 0. The molecule has 4 nitrogen and oxygen atoms in total. The molecule has 2 unspecified atom stereocenters. The lowest BCUT2D eigenvalue weighted by Gasteiger charge is -2.34. The molecule has 3 fully saturated rings. The number of nitrogens with two attached hydrogens (primary N) is 1. The number of hydrogen-bond acceptors (Lipinski definition) is 3. The van der Waals surface area contributed by atoms with Gasteiger partial charge in [0, 0.05) is 45.2 Å². The molecule has 0 radical (unpaired) electrons. The van der Waals surface area contributed by atoms with E-state index in [4.69, 9.17) is 5.73 Å². The molecule has 17 heavy (non-hydrogen) atoms. The predicted molar refractivity (Wildman–Crippen MR) is 66.4 cm³/mol. The molecule has 0 aromatic heterocycles. The highest BCUT2D eigenvalue weighted by Crippen LogP contribution is 2.58. The van der Waals surface area contributed by atoms with E-state index in [2.05, 4.69) is 9.80 Å². The number of fused-ring (bicyclic) bond motifs is 1. The first-order valence-corrected chi connectivity index (χ1v) is 7.02. The van der Waals surface area contributed by atoms with Gasteiger partial charge < -0.3 is 10.6 Å². The fraction of sp³-hybridized carbons (Fsp3) is 0.923. The Morgan fingerprint density at radius 1 is 1.12 bits per heavy atom. The topological polar surface area (TPSA) is 49.6 Å². The van der Waals surface area contributed by atoms with Crippen LogP contribution >= 0.6 is 0 Å². The van der Waals surface area contributed by atoms with Gasteiger partial charge in [0.05, 0.1) is 0 Å². The van der Waals surface area contributed by atoms with E-state index in [9.17, 15) is 4.79 Å². The quantitative estimate of drug-likeness (QED) is 0.759. The molecule has 0 spiro atoms. The summed E-state index contributed by atoms with van der Waals surface area (Å²) in [6.07, 6.45) is 3.95. The van der Waals surface area contributed by atoms with E-state index < -0.39 is 0 Å². The Morgan fingerprint density at radius 3 is 2.35 bits per heavy atom. The predicted octanol–water partition coefficient (Wildman–Crippen LogP) is 0.135. The minimum atomic E-state index is 0.407. The van der Waals surface area contributed by atoms with Gasteiger partial charge in [0.15, 0.2) is 0 Å². The van der Waals surface area contributed by atoms with Gasteiger partial charge in [-0.2, -0.15) is 0 Å². The molecule has 1 heterocycles. The van der Waals surface area contributed by atoms with Crippen LogP contribution < -0.4 is 5.73 Å². The van der Waals surface area contributed by atoms with Crippen LogP contribution in [0.4, 0.5) is 0 Å². The van der Waals surface area contributed by atoms with E-state index in [0.717, 1.165) is 51.1 Å². The molecule has 2 aliphatic carbocycles. The summed E-state index contributed by atoms with van der Waals surface area (Å²) in [5, 5.41) is 0. The highest BCUT2D eigenvalue weighted by atomic mass is 16.2. The Hall–Kier alpha value is -0.610. The van der Waals surface area contributed by atoms with Gasteiger partial charge in [-0.3, -0.25) is 9.69 Å². The average Bonchev–Trinajstić information content (AvgIpc) is 2.83. The molecule has 3 aliphatic rings. The summed E-state index contributed by atoms with van der Waals surface area (Å²) in [5.41, 5.74) is 5.55. The maximum Gasteiger partial charge on any atom is 0.226 e. The van der Waals surface area contributed by atoms with Crippen LogP contribution in [0.3, 0.4) is 0 Å². The van der Waals surface area contributed by atoms with Crippen molar-refractivity contribution in [1.82, 2.24) is 9.80 Å². The normalized spacial score (nSPS) is 37.0. The molecular weight excluding hydrogens is 214 g/mol. The molecule has 0 bridgehead atoms. The molecule has 2 saturated carbocycles. The molecule has 4 heteroatoms. The first-order chi connectivity index (χ1) is 8.31. The third kappa shape index (κ3) is 2.08. The lowest BCUT2D eigenvalue weighted by Crippen LogP contribution is -2.50. The number of carbonyl (C=O) groups excluding carboxylic acids is 1. The van der Waals surface area contributed by atoms with E-state index in [0.29, 0.717) is 11.8 Å². The smallest absolute Gasteiger partial charge is 0.226 e. The zero-order chi connectivity index (χ0) is 11.8. The van der Waals surface area contributed by atoms with Gasteiger partial charge in [0.2, 0.25) is 5.91 Å². The van der Waals surface area contributed by atoms with E-state index in [-0.39, 0.29) is 0 Å². The summed E-state index contributed by atoms with van der Waals surface area (Å²) in [4.78, 5) is 16.8. The van der Waals surface area contributed by atoms with Gasteiger partial charge in [-0.25, -0.2) is 0 Å². The molecule has 96 valence electrons. The van der Waals surface area contributed by atoms with Gasteiger partial charge in [-0.05, 0) is 24.7 Å². The van der Waals surface area contributed by atoms with E-state index >= 15 is 0 Å². The van der Waals surface area contributed by atoms with Crippen molar-refractivity contribution >= 4 is 5.91 Å². The number of piperazine rings is 1. The Kier molecular flexibility index (Phi) is 3.09. The SMILES string of the molecule is NCCN1CCN(C(=O)C2C3CCCC32)CC1. The second-order valence-electron chi connectivity index (χ2n) is 5.74. The van der Waals surface area contributed by atoms with Crippen LogP contribution in [0.15, 0.2) is 0 Å². The van der Waals surface area contributed by atoms with E-state index in [1.165, 1.54) is 19.3 Å². The van der Waals surface area contributed by atoms with Crippen LogP contribution in [-0.2, 0) is 4.79 Å². The third-order valence-electron chi connectivity index (χ3n) is 4.82. The van der Waals surface area contributed by atoms with Crippen molar-refractivity contribution in [3.63, 3.8) is 0 Å². The number of nitrogens with zero attached hydrogens (tertiary/aromatic N) is 2. The van der Waals surface area contributed by atoms with Crippen molar-refractivity contribution in [1.29, 1.82) is 0 Å². The monoisotopic (exact) mass is 237 g/mol. The summed E-state index contributed by atoms with van der Waals surface area (Å²) in [7, 11) is 0. The minimum absolute atomic E-state index is 0.407. The average molecular weight is 237 g/mol. The molecular formula is C13H23N3O. The summed E-state index contributed by atoms with van der Waals surface area (Å²) < 4.78 is 0. The molecule has 0 aromatic rings. The number of amides is 1. The van der Waals surface area contributed by atoms with Crippen LogP contribution in [0.2, 0.25) is 0 Å². The summed E-state index contributed by atoms with van der Waals surface area (Å²) in [5.74, 6) is 2.37. The summed E-state index contributed by atoms with van der Waals surface area (Å²) in [6.45, 7) is 5.52. The van der Waals surface area contributed by atoms with Crippen molar-refractivity contribution in [2.45, 2.75) is 19.3 Å². The van der Waals surface area contributed by atoms with Crippen LogP contribution in [0.25, 0.3) is 0 Å². The molecule has 1 saturated heterocycles. The van der Waals surface area contributed by atoms with E-state index in [1.807, 2.05) is 0 Å². The molecule has 3 rings (SSSR count). The molecule has 2 atom stereocenters. The van der Waals surface area contributed by atoms with Crippen LogP contribution in [0.1, 0.15) is 19.3 Å².